The van der Waals surface area contributed by atoms with Crippen LogP contribution in [0, 0.1) is 29.5 Å². The number of aromatic nitrogens is 2. The fourth-order valence-corrected chi connectivity index (χ4v) is 3.15. The van der Waals surface area contributed by atoms with Gasteiger partial charge in [0.1, 0.15) is 18.2 Å². The van der Waals surface area contributed by atoms with E-state index in [1.165, 1.54) is 6.07 Å². The van der Waals surface area contributed by atoms with Crippen molar-refractivity contribution >= 4 is 10.8 Å². The number of fused-ring (bicyclic) bond motifs is 1. The predicted octanol–water partition coefficient (Wildman–Crippen LogP) is 6.31. The van der Waals surface area contributed by atoms with Crippen molar-refractivity contribution in [1.29, 1.82) is 0 Å². The van der Waals surface area contributed by atoms with E-state index in [1.54, 1.807) is 36.7 Å². The Morgan fingerprint density at radius 1 is 0.857 bits per heavy atom. The third-order valence-electron chi connectivity index (χ3n) is 4.79. The van der Waals surface area contributed by atoms with Gasteiger partial charge in [0.05, 0.1) is 5.56 Å². The Labute approximate surface area is 199 Å². The summed E-state index contributed by atoms with van der Waals surface area (Å²) in [6.45, 7) is 4.04. The summed E-state index contributed by atoms with van der Waals surface area (Å²) in [4.78, 5) is 8.55. The van der Waals surface area contributed by atoms with Crippen molar-refractivity contribution in [3.63, 3.8) is 0 Å². The third-order valence-corrected chi connectivity index (χ3v) is 4.79. The Bertz CT molecular complexity index is 1500. The van der Waals surface area contributed by atoms with Crippen LogP contribution in [0.1, 0.15) is 17.0 Å². The molecule has 0 aliphatic heterocycles. The first kappa shape index (κ1) is 23.5. The minimum atomic E-state index is -4.69. The van der Waals surface area contributed by atoms with Crippen LogP contribution < -0.4 is 4.74 Å². The minimum Gasteiger partial charge on any atom is -0.490 e. The molecule has 172 valence electrons. The lowest BCUT2D eigenvalue weighted by atomic mass is 10.0. The molecular weight excluding hydrogens is 456 g/mol. The first-order valence-electron chi connectivity index (χ1n) is 10.3. The van der Waals surface area contributed by atoms with Crippen LogP contribution in [0.25, 0.3) is 21.9 Å². The number of rotatable bonds is 4. The Hall–Kier alpha value is -4.62. The molecule has 4 rings (SSSR count). The molecule has 0 bridgehead atoms. The zero-order valence-electron chi connectivity index (χ0n) is 18.2. The maximum atomic E-state index is 14.2. The van der Waals surface area contributed by atoms with Gasteiger partial charge in [0.25, 0.3) is 0 Å². The summed E-state index contributed by atoms with van der Waals surface area (Å²) in [6, 6.07) is 14.9. The molecule has 0 saturated heterocycles. The summed E-state index contributed by atoms with van der Waals surface area (Å²) in [7, 11) is 0. The van der Waals surface area contributed by atoms with Crippen LogP contribution in [0.4, 0.5) is 17.6 Å². The van der Waals surface area contributed by atoms with Gasteiger partial charge in [-0.3, -0.25) is 0 Å². The van der Waals surface area contributed by atoms with Crippen molar-refractivity contribution < 1.29 is 22.3 Å². The summed E-state index contributed by atoms with van der Waals surface area (Å²) in [5.41, 5.74) is 2.00. The predicted molar refractivity (Wildman–Crippen MR) is 126 cm³/mol. The first-order valence-corrected chi connectivity index (χ1v) is 10.3. The second-order valence-electron chi connectivity index (χ2n) is 7.31. The van der Waals surface area contributed by atoms with Crippen LogP contribution in [0.2, 0.25) is 0 Å². The lowest BCUT2D eigenvalue weighted by Crippen LogP contribution is -2.01. The largest absolute Gasteiger partial charge is 0.490 e. The van der Waals surface area contributed by atoms with Gasteiger partial charge in [-0.15, -0.1) is 0 Å². The summed E-state index contributed by atoms with van der Waals surface area (Å²) < 4.78 is 56.5. The van der Waals surface area contributed by atoms with Crippen LogP contribution in [0.15, 0.2) is 79.6 Å². The van der Waals surface area contributed by atoms with Crippen LogP contribution in [-0.2, 0) is 0 Å². The van der Waals surface area contributed by atoms with Crippen LogP contribution in [0.5, 0.6) is 5.75 Å². The molecule has 0 aliphatic carbocycles. The Morgan fingerprint density at radius 2 is 1.60 bits per heavy atom. The van der Waals surface area contributed by atoms with Gasteiger partial charge in [0.2, 0.25) is 5.82 Å². The quantitative estimate of drug-likeness (QED) is 0.198. The highest BCUT2D eigenvalue weighted by atomic mass is 19.4. The van der Waals surface area contributed by atoms with E-state index in [1.807, 2.05) is 30.2 Å². The zero-order chi connectivity index (χ0) is 24.8. The van der Waals surface area contributed by atoms with E-state index in [2.05, 4.69) is 28.4 Å². The lowest BCUT2D eigenvalue weighted by Gasteiger charge is -2.05. The van der Waals surface area contributed by atoms with E-state index in [0.29, 0.717) is 28.8 Å². The van der Waals surface area contributed by atoms with Gasteiger partial charge < -0.3 is 4.74 Å². The molecule has 4 aromatic rings. The highest BCUT2D eigenvalue weighted by Gasteiger charge is 2.23. The number of hydrogen-bond acceptors (Lipinski definition) is 3. The molecule has 0 spiro atoms. The van der Waals surface area contributed by atoms with Crippen LogP contribution >= 0.6 is 0 Å². The molecule has 3 nitrogen and oxygen atoms in total. The number of halogens is 4. The smallest absolute Gasteiger partial charge is 0.458 e. The van der Waals surface area contributed by atoms with Crippen molar-refractivity contribution in [3.8, 4) is 40.6 Å². The summed E-state index contributed by atoms with van der Waals surface area (Å²) in [5, 5.41) is 1.04. The molecule has 0 amide bonds. The number of alkyl halides is 3. The Kier molecular flexibility index (Phi) is 6.80. The van der Waals surface area contributed by atoms with Crippen molar-refractivity contribution in [2.75, 3.05) is 6.61 Å². The monoisotopic (exact) mass is 472 g/mol. The number of hydrogen-bond donors (Lipinski definition) is 0. The highest BCUT2D eigenvalue weighted by Crippen LogP contribution is 2.22. The molecule has 1 heterocycles. The van der Waals surface area contributed by atoms with E-state index in [9.17, 15) is 17.6 Å². The van der Waals surface area contributed by atoms with Gasteiger partial charge in [0, 0.05) is 29.4 Å². The maximum absolute atomic E-state index is 14.2. The fourth-order valence-electron chi connectivity index (χ4n) is 3.15. The maximum Gasteiger partial charge on any atom is 0.458 e. The molecule has 0 fully saturated rings. The lowest BCUT2D eigenvalue weighted by molar-refractivity contribution is -0.0696. The van der Waals surface area contributed by atoms with Gasteiger partial charge in [-0.2, -0.15) is 13.2 Å². The SMILES string of the molecule is C=CCOc1ccc(-c2cnc(C#Cc3ccc4cc(C#CC(F)(F)F)c(F)cc4c3)nc2)cc1. The van der Waals surface area contributed by atoms with E-state index in [-0.39, 0.29) is 5.56 Å². The molecule has 0 N–H and O–H groups in total. The van der Waals surface area contributed by atoms with E-state index in [4.69, 9.17) is 4.74 Å². The Balaban J connectivity index is 1.51. The first-order chi connectivity index (χ1) is 16.8. The number of nitrogens with zero attached hydrogens (tertiary/aromatic N) is 2. The molecule has 35 heavy (non-hydrogen) atoms. The van der Waals surface area contributed by atoms with Crippen molar-refractivity contribution in [1.82, 2.24) is 9.97 Å². The second-order valence-corrected chi connectivity index (χ2v) is 7.31. The van der Waals surface area contributed by atoms with Crippen LogP contribution in [-0.4, -0.2) is 22.8 Å². The molecule has 1 aromatic heterocycles. The van der Waals surface area contributed by atoms with Crippen molar-refractivity contribution in [2.45, 2.75) is 6.18 Å². The van der Waals surface area contributed by atoms with Gasteiger partial charge in [-0.1, -0.05) is 42.7 Å². The van der Waals surface area contributed by atoms with E-state index < -0.39 is 12.0 Å². The van der Waals surface area contributed by atoms with E-state index >= 15 is 0 Å². The third kappa shape index (κ3) is 6.25. The highest BCUT2D eigenvalue weighted by molar-refractivity contribution is 5.85. The number of benzene rings is 3. The van der Waals surface area contributed by atoms with Gasteiger partial charge in [-0.25, -0.2) is 14.4 Å². The minimum absolute atomic E-state index is 0.309. The number of ether oxygens (including phenoxy) is 1. The van der Waals surface area contributed by atoms with Gasteiger partial charge in [-0.05, 0) is 58.7 Å². The zero-order valence-corrected chi connectivity index (χ0v) is 18.2. The standard InChI is InChI=1S/C28H16F4N2O/c1-2-13-35-25-8-6-20(7-9-25)24-17-33-27(34-18-24)10-4-19-3-5-21-15-22(11-12-28(30,31)32)26(29)16-23(21)14-19/h2-3,5-9,14-18H,1,13H2. The Morgan fingerprint density at radius 3 is 2.29 bits per heavy atom. The summed E-state index contributed by atoms with van der Waals surface area (Å²) in [6.07, 6.45) is 0.309. The molecule has 7 heteroatoms. The topological polar surface area (TPSA) is 35.0 Å². The summed E-state index contributed by atoms with van der Waals surface area (Å²) in [5.74, 6) is 8.90. The van der Waals surface area contributed by atoms with E-state index in [0.717, 1.165) is 28.9 Å². The molecule has 0 radical (unpaired) electrons. The molecule has 0 aliphatic rings. The van der Waals surface area contributed by atoms with Crippen molar-refractivity contribution in [2.24, 2.45) is 0 Å². The summed E-state index contributed by atoms with van der Waals surface area (Å²) >= 11 is 0. The molecule has 0 atom stereocenters. The van der Waals surface area contributed by atoms with Gasteiger partial charge in [0.15, 0.2) is 0 Å². The molecule has 0 unspecified atom stereocenters. The van der Waals surface area contributed by atoms with Gasteiger partial charge >= 0.3 is 6.18 Å². The molecule has 0 saturated carbocycles. The normalized spacial score (nSPS) is 10.6. The average molecular weight is 472 g/mol. The molecule has 3 aromatic carbocycles. The second kappa shape index (κ2) is 10.1. The van der Waals surface area contributed by atoms with Crippen molar-refractivity contribution in [3.05, 3.63) is 102 Å². The fraction of sp³-hybridized carbons (Fsp3) is 0.0714. The molecular formula is C28H16F4N2O. The average Bonchev–Trinajstić information content (AvgIpc) is 2.85. The van der Waals surface area contributed by atoms with Crippen LogP contribution in [0.3, 0.4) is 0 Å².